The summed E-state index contributed by atoms with van der Waals surface area (Å²) in [5.74, 6) is 0.212. The first-order valence-electron chi connectivity index (χ1n) is 5.26. The number of halogens is 1. The molecule has 1 amide bonds. The quantitative estimate of drug-likeness (QED) is 0.541. The van der Waals surface area contributed by atoms with Crippen LogP contribution in [-0.4, -0.2) is 41.9 Å². The van der Waals surface area contributed by atoms with Crippen molar-refractivity contribution in [2.24, 2.45) is 0 Å². The van der Waals surface area contributed by atoms with E-state index in [0.717, 1.165) is 39.0 Å². The number of hydrogen-bond acceptors (Lipinski definition) is 2. The highest BCUT2D eigenvalue weighted by Gasteiger charge is 2.28. The topological polar surface area (TPSA) is 29.5 Å². The molecular formula is C10H18BrNO2. The third-order valence-corrected chi connectivity index (χ3v) is 3.23. The lowest BCUT2D eigenvalue weighted by Crippen LogP contribution is -2.30. The minimum Gasteiger partial charge on any atom is -0.380 e. The summed E-state index contributed by atoms with van der Waals surface area (Å²) in [6.45, 7) is 5.24. The van der Waals surface area contributed by atoms with E-state index in [4.69, 9.17) is 4.74 Å². The van der Waals surface area contributed by atoms with Crippen molar-refractivity contribution in [3.63, 3.8) is 0 Å². The normalized spacial score (nSPS) is 22.0. The summed E-state index contributed by atoms with van der Waals surface area (Å²) in [4.78, 5) is 13.4. The summed E-state index contributed by atoms with van der Waals surface area (Å²) in [6.07, 6.45) is 3.19. The fraction of sp³-hybridized carbons (Fsp3) is 0.900. The molecule has 0 spiro atoms. The molecule has 1 aliphatic rings. The van der Waals surface area contributed by atoms with E-state index < -0.39 is 0 Å². The van der Waals surface area contributed by atoms with Crippen LogP contribution in [0.4, 0.5) is 0 Å². The molecule has 0 saturated carbocycles. The second-order valence-corrected chi connectivity index (χ2v) is 4.65. The van der Waals surface area contributed by atoms with Crippen LogP contribution in [-0.2, 0) is 9.53 Å². The average molecular weight is 264 g/mol. The molecule has 0 aliphatic carbocycles. The smallest absolute Gasteiger partial charge is 0.236 e. The Labute approximate surface area is 93.9 Å². The van der Waals surface area contributed by atoms with Crippen molar-refractivity contribution in [2.75, 3.05) is 26.3 Å². The van der Waals surface area contributed by atoms with Gasteiger partial charge in [-0.2, -0.15) is 0 Å². The maximum absolute atomic E-state index is 11.4. The van der Waals surface area contributed by atoms with Gasteiger partial charge >= 0.3 is 0 Å². The van der Waals surface area contributed by atoms with E-state index in [9.17, 15) is 4.79 Å². The van der Waals surface area contributed by atoms with Gasteiger partial charge in [-0.1, -0.05) is 29.3 Å². The zero-order valence-corrected chi connectivity index (χ0v) is 10.3. The number of rotatable bonds is 6. The molecule has 0 N–H and O–H groups in total. The van der Waals surface area contributed by atoms with Gasteiger partial charge in [0.05, 0.1) is 11.4 Å². The van der Waals surface area contributed by atoms with Gasteiger partial charge in [0.25, 0.3) is 0 Å². The van der Waals surface area contributed by atoms with Crippen molar-refractivity contribution in [2.45, 2.75) is 31.0 Å². The lowest BCUT2D eigenvalue weighted by atomic mass is 10.4. The van der Waals surface area contributed by atoms with Crippen LogP contribution in [0.25, 0.3) is 0 Å². The van der Waals surface area contributed by atoms with Crippen LogP contribution >= 0.6 is 15.9 Å². The molecule has 1 atom stereocenters. The van der Waals surface area contributed by atoms with E-state index in [1.54, 1.807) is 0 Å². The Morgan fingerprint density at radius 3 is 2.93 bits per heavy atom. The van der Waals surface area contributed by atoms with Gasteiger partial charge in [0.15, 0.2) is 0 Å². The lowest BCUT2D eigenvalue weighted by molar-refractivity contribution is -0.127. The standard InChI is InChI=1S/C10H18BrNO2/c1-2-3-7-14-8-6-12-5-4-9(11)10(12)13/h9H,2-8H2,1H3. The predicted octanol–water partition coefficient (Wildman–Crippen LogP) is 1.80. The Morgan fingerprint density at radius 2 is 2.36 bits per heavy atom. The largest absolute Gasteiger partial charge is 0.380 e. The number of carbonyl (C=O) groups is 1. The average Bonchev–Trinajstić information content (AvgIpc) is 2.49. The molecule has 1 aliphatic heterocycles. The zero-order chi connectivity index (χ0) is 10.4. The second-order valence-electron chi connectivity index (χ2n) is 3.55. The SMILES string of the molecule is CCCCOCCN1CCC(Br)C1=O. The van der Waals surface area contributed by atoms with Crippen LogP contribution in [0.3, 0.4) is 0 Å². The van der Waals surface area contributed by atoms with E-state index in [0.29, 0.717) is 6.61 Å². The van der Waals surface area contributed by atoms with Gasteiger partial charge in [-0.25, -0.2) is 0 Å². The van der Waals surface area contributed by atoms with Crippen molar-refractivity contribution in [3.8, 4) is 0 Å². The van der Waals surface area contributed by atoms with Gasteiger partial charge in [0, 0.05) is 19.7 Å². The predicted molar refractivity (Wildman–Crippen MR) is 59.6 cm³/mol. The van der Waals surface area contributed by atoms with Crippen molar-refractivity contribution < 1.29 is 9.53 Å². The number of unbranched alkanes of at least 4 members (excludes halogenated alkanes) is 1. The van der Waals surface area contributed by atoms with E-state index >= 15 is 0 Å². The maximum Gasteiger partial charge on any atom is 0.236 e. The molecule has 0 aromatic carbocycles. The van der Waals surface area contributed by atoms with Gasteiger partial charge in [-0.15, -0.1) is 0 Å². The van der Waals surface area contributed by atoms with E-state index in [-0.39, 0.29) is 10.7 Å². The molecule has 1 saturated heterocycles. The van der Waals surface area contributed by atoms with Crippen LogP contribution in [0.1, 0.15) is 26.2 Å². The van der Waals surface area contributed by atoms with Gasteiger partial charge in [-0.3, -0.25) is 4.79 Å². The minimum absolute atomic E-state index is 0.0399. The number of carbonyl (C=O) groups excluding carboxylic acids is 1. The highest BCUT2D eigenvalue weighted by Crippen LogP contribution is 2.17. The van der Waals surface area contributed by atoms with Crippen LogP contribution in [0.5, 0.6) is 0 Å². The first-order valence-corrected chi connectivity index (χ1v) is 6.18. The molecule has 0 bridgehead atoms. The third kappa shape index (κ3) is 3.58. The molecular weight excluding hydrogens is 246 g/mol. The Bertz CT molecular complexity index is 187. The summed E-state index contributed by atoms with van der Waals surface area (Å²) in [7, 11) is 0. The first-order chi connectivity index (χ1) is 6.75. The fourth-order valence-corrected chi connectivity index (χ4v) is 1.94. The number of hydrogen-bond donors (Lipinski definition) is 0. The number of nitrogens with zero attached hydrogens (tertiary/aromatic N) is 1. The van der Waals surface area contributed by atoms with Crippen molar-refractivity contribution >= 4 is 21.8 Å². The summed E-state index contributed by atoms with van der Waals surface area (Å²) >= 11 is 3.35. The molecule has 3 nitrogen and oxygen atoms in total. The Morgan fingerprint density at radius 1 is 1.57 bits per heavy atom. The van der Waals surface area contributed by atoms with Crippen molar-refractivity contribution in [1.29, 1.82) is 0 Å². The van der Waals surface area contributed by atoms with Crippen molar-refractivity contribution in [3.05, 3.63) is 0 Å². The monoisotopic (exact) mass is 263 g/mol. The Kier molecular flexibility index (Phi) is 5.48. The Balaban J connectivity index is 2.04. The highest BCUT2D eigenvalue weighted by molar-refractivity contribution is 9.10. The van der Waals surface area contributed by atoms with E-state index in [1.807, 2.05) is 4.90 Å². The number of likely N-dealkylation sites (tertiary alicyclic amines) is 1. The number of amides is 1. The zero-order valence-electron chi connectivity index (χ0n) is 8.67. The van der Waals surface area contributed by atoms with Gasteiger partial charge in [0.2, 0.25) is 5.91 Å². The minimum atomic E-state index is 0.0399. The molecule has 1 unspecified atom stereocenters. The first kappa shape index (κ1) is 12.0. The van der Waals surface area contributed by atoms with Crippen LogP contribution in [0, 0.1) is 0 Å². The fourth-order valence-electron chi connectivity index (χ4n) is 1.45. The van der Waals surface area contributed by atoms with Gasteiger partial charge in [-0.05, 0) is 12.8 Å². The molecule has 82 valence electrons. The molecule has 0 radical (unpaired) electrons. The second kappa shape index (κ2) is 6.40. The number of ether oxygens (including phenoxy) is 1. The van der Waals surface area contributed by atoms with E-state index in [2.05, 4.69) is 22.9 Å². The molecule has 1 rings (SSSR count). The van der Waals surface area contributed by atoms with E-state index in [1.165, 1.54) is 0 Å². The summed E-state index contributed by atoms with van der Waals surface area (Å²) in [6, 6.07) is 0. The molecule has 1 fully saturated rings. The highest BCUT2D eigenvalue weighted by atomic mass is 79.9. The summed E-state index contributed by atoms with van der Waals surface area (Å²) < 4.78 is 5.41. The van der Waals surface area contributed by atoms with Crippen LogP contribution in [0.2, 0.25) is 0 Å². The molecule has 4 heteroatoms. The lowest BCUT2D eigenvalue weighted by Gasteiger charge is -2.15. The summed E-state index contributed by atoms with van der Waals surface area (Å²) in [5.41, 5.74) is 0. The Hall–Kier alpha value is -0.0900. The molecule has 1 heterocycles. The molecule has 0 aromatic rings. The third-order valence-electron chi connectivity index (χ3n) is 2.38. The van der Waals surface area contributed by atoms with Gasteiger partial charge in [0.1, 0.15) is 0 Å². The van der Waals surface area contributed by atoms with Crippen LogP contribution < -0.4 is 0 Å². The molecule has 14 heavy (non-hydrogen) atoms. The molecule has 0 aromatic heterocycles. The van der Waals surface area contributed by atoms with Gasteiger partial charge < -0.3 is 9.64 Å². The van der Waals surface area contributed by atoms with Crippen LogP contribution in [0.15, 0.2) is 0 Å². The maximum atomic E-state index is 11.4. The van der Waals surface area contributed by atoms with Crippen molar-refractivity contribution in [1.82, 2.24) is 4.90 Å². The summed E-state index contributed by atoms with van der Waals surface area (Å²) in [5, 5.41) is 0. The number of alkyl halides is 1.